The zero-order chi connectivity index (χ0) is 16.7. The third-order valence-corrected chi connectivity index (χ3v) is 4.40. The highest BCUT2D eigenvalue weighted by Gasteiger charge is 2.29. The van der Waals surface area contributed by atoms with Gasteiger partial charge in [0.2, 0.25) is 0 Å². The monoisotopic (exact) mass is 320 g/mol. The van der Waals surface area contributed by atoms with Crippen LogP contribution in [0.2, 0.25) is 0 Å². The van der Waals surface area contributed by atoms with Gasteiger partial charge in [0, 0.05) is 6.54 Å². The number of nitrogens with one attached hydrogen (secondary N) is 2. The standard InChI is InChI=1S/C18H28N2O3/c1-3-23-16-9-7-15(8-10-16)14(2)20-17(21)19-13-18(22)11-5-4-6-12-18/h7-10,14,22H,3-6,11-13H2,1-2H3,(H2,19,20,21). The molecule has 0 spiro atoms. The van der Waals surface area contributed by atoms with Crippen molar-refractivity contribution in [2.24, 2.45) is 0 Å². The second-order valence-corrected chi connectivity index (χ2v) is 6.34. The lowest BCUT2D eigenvalue weighted by atomic mass is 9.85. The maximum absolute atomic E-state index is 12.0. The molecule has 1 atom stereocenters. The molecular weight excluding hydrogens is 292 g/mol. The number of amides is 2. The fourth-order valence-corrected chi connectivity index (χ4v) is 2.98. The summed E-state index contributed by atoms with van der Waals surface area (Å²) in [6.07, 6.45) is 4.76. The van der Waals surface area contributed by atoms with Crippen LogP contribution in [0.4, 0.5) is 4.79 Å². The van der Waals surface area contributed by atoms with Crippen LogP contribution in [-0.2, 0) is 0 Å². The number of benzene rings is 1. The first kappa shape index (κ1) is 17.6. The minimum Gasteiger partial charge on any atom is -0.494 e. The van der Waals surface area contributed by atoms with Crippen LogP contribution in [0.25, 0.3) is 0 Å². The van der Waals surface area contributed by atoms with Gasteiger partial charge >= 0.3 is 6.03 Å². The Balaban J connectivity index is 1.79. The van der Waals surface area contributed by atoms with Crippen molar-refractivity contribution in [2.45, 2.75) is 57.6 Å². The first-order chi connectivity index (χ1) is 11.0. The first-order valence-corrected chi connectivity index (χ1v) is 8.52. The van der Waals surface area contributed by atoms with Crippen molar-refractivity contribution in [3.05, 3.63) is 29.8 Å². The Morgan fingerprint density at radius 3 is 2.52 bits per heavy atom. The second kappa shape index (κ2) is 8.20. The number of urea groups is 1. The van der Waals surface area contributed by atoms with E-state index in [1.54, 1.807) is 0 Å². The lowest BCUT2D eigenvalue weighted by molar-refractivity contribution is 0.00713. The van der Waals surface area contributed by atoms with E-state index < -0.39 is 5.60 Å². The molecule has 23 heavy (non-hydrogen) atoms. The van der Waals surface area contributed by atoms with Crippen molar-refractivity contribution < 1.29 is 14.6 Å². The van der Waals surface area contributed by atoms with Crippen molar-refractivity contribution >= 4 is 6.03 Å². The lowest BCUT2D eigenvalue weighted by Crippen LogP contribution is -2.47. The maximum atomic E-state index is 12.0. The smallest absolute Gasteiger partial charge is 0.315 e. The molecule has 1 fully saturated rings. The molecule has 1 aliphatic rings. The Bertz CT molecular complexity index is 495. The van der Waals surface area contributed by atoms with E-state index in [0.29, 0.717) is 13.2 Å². The summed E-state index contributed by atoms with van der Waals surface area (Å²) in [6.45, 7) is 4.83. The Morgan fingerprint density at radius 2 is 1.91 bits per heavy atom. The van der Waals surface area contributed by atoms with Gasteiger partial charge in [-0.15, -0.1) is 0 Å². The highest BCUT2D eigenvalue weighted by atomic mass is 16.5. The summed E-state index contributed by atoms with van der Waals surface area (Å²) in [5.74, 6) is 0.826. The molecular formula is C18H28N2O3. The molecule has 0 saturated heterocycles. The Kier molecular flexibility index (Phi) is 6.28. The van der Waals surface area contributed by atoms with E-state index in [9.17, 15) is 9.90 Å². The Morgan fingerprint density at radius 1 is 1.26 bits per heavy atom. The molecule has 1 aromatic rings. The van der Waals surface area contributed by atoms with Gasteiger partial charge in [0.1, 0.15) is 5.75 Å². The molecule has 3 N–H and O–H groups in total. The number of carbonyl (C=O) groups excluding carboxylic acids is 1. The summed E-state index contributed by atoms with van der Waals surface area (Å²) < 4.78 is 5.41. The first-order valence-electron chi connectivity index (χ1n) is 8.52. The van der Waals surface area contributed by atoms with E-state index in [1.807, 2.05) is 38.1 Å². The van der Waals surface area contributed by atoms with E-state index in [4.69, 9.17) is 4.74 Å². The average molecular weight is 320 g/mol. The van der Waals surface area contributed by atoms with E-state index in [0.717, 1.165) is 37.0 Å². The van der Waals surface area contributed by atoms with Crippen molar-refractivity contribution in [3.8, 4) is 5.75 Å². The van der Waals surface area contributed by atoms with Gasteiger partial charge in [-0.3, -0.25) is 0 Å². The van der Waals surface area contributed by atoms with Crippen LogP contribution in [0.3, 0.4) is 0 Å². The normalized spacial score (nSPS) is 18.0. The van der Waals surface area contributed by atoms with Crippen LogP contribution >= 0.6 is 0 Å². The third-order valence-electron chi connectivity index (χ3n) is 4.40. The SMILES string of the molecule is CCOc1ccc(C(C)NC(=O)NCC2(O)CCCCC2)cc1. The summed E-state index contributed by atoms with van der Waals surface area (Å²) in [7, 11) is 0. The molecule has 0 heterocycles. The fraction of sp³-hybridized carbons (Fsp3) is 0.611. The number of aliphatic hydroxyl groups is 1. The van der Waals surface area contributed by atoms with Crippen LogP contribution in [0.5, 0.6) is 5.75 Å². The quantitative estimate of drug-likeness (QED) is 0.754. The van der Waals surface area contributed by atoms with Gasteiger partial charge in [-0.25, -0.2) is 4.79 Å². The van der Waals surface area contributed by atoms with Crippen LogP contribution in [0, 0.1) is 0 Å². The zero-order valence-corrected chi connectivity index (χ0v) is 14.1. The third kappa shape index (κ3) is 5.43. The van der Waals surface area contributed by atoms with Gasteiger partial charge in [0.15, 0.2) is 0 Å². The van der Waals surface area contributed by atoms with Crippen molar-refractivity contribution in [2.75, 3.05) is 13.2 Å². The topological polar surface area (TPSA) is 70.6 Å². The van der Waals surface area contributed by atoms with Gasteiger partial charge in [-0.2, -0.15) is 0 Å². The predicted molar refractivity (Wildman–Crippen MR) is 90.6 cm³/mol. The van der Waals surface area contributed by atoms with Crippen LogP contribution in [-0.4, -0.2) is 29.9 Å². The van der Waals surface area contributed by atoms with E-state index in [-0.39, 0.29) is 12.1 Å². The summed E-state index contributed by atoms with van der Waals surface area (Å²) in [4.78, 5) is 12.0. The van der Waals surface area contributed by atoms with Gasteiger partial charge in [0.05, 0.1) is 18.2 Å². The summed E-state index contributed by atoms with van der Waals surface area (Å²) in [6, 6.07) is 7.35. The molecule has 5 nitrogen and oxygen atoms in total. The number of ether oxygens (including phenoxy) is 1. The Hall–Kier alpha value is -1.75. The van der Waals surface area contributed by atoms with Gasteiger partial charge in [-0.1, -0.05) is 31.4 Å². The largest absolute Gasteiger partial charge is 0.494 e. The average Bonchev–Trinajstić information content (AvgIpc) is 2.55. The van der Waals surface area contributed by atoms with Gasteiger partial charge in [0.25, 0.3) is 0 Å². The minimum absolute atomic E-state index is 0.105. The molecule has 1 aliphatic carbocycles. The van der Waals surface area contributed by atoms with Gasteiger partial charge in [-0.05, 0) is 44.4 Å². The molecule has 0 bridgehead atoms. The number of hydrogen-bond donors (Lipinski definition) is 3. The van der Waals surface area contributed by atoms with E-state index in [2.05, 4.69) is 10.6 Å². The number of hydrogen-bond acceptors (Lipinski definition) is 3. The molecule has 0 radical (unpaired) electrons. The maximum Gasteiger partial charge on any atom is 0.315 e. The zero-order valence-electron chi connectivity index (χ0n) is 14.1. The van der Waals surface area contributed by atoms with Crippen LogP contribution in [0.15, 0.2) is 24.3 Å². The minimum atomic E-state index is -0.738. The van der Waals surface area contributed by atoms with E-state index >= 15 is 0 Å². The molecule has 0 aromatic heterocycles. The van der Waals surface area contributed by atoms with Gasteiger partial charge < -0.3 is 20.5 Å². The summed E-state index contributed by atoms with van der Waals surface area (Å²) in [5.41, 5.74) is 0.276. The molecule has 2 rings (SSSR count). The van der Waals surface area contributed by atoms with E-state index in [1.165, 1.54) is 6.42 Å². The molecule has 0 aliphatic heterocycles. The summed E-state index contributed by atoms with van der Waals surface area (Å²) >= 11 is 0. The predicted octanol–water partition coefficient (Wildman–Crippen LogP) is 3.14. The number of rotatable bonds is 6. The molecule has 1 aromatic carbocycles. The van der Waals surface area contributed by atoms with Crippen molar-refractivity contribution in [1.29, 1.82) is 0 Å². The Labute approximate surface area is 138 Å². The summed E-state index contributed by atoms with van der Waals surface area (Å²) in [5, 5.41) is 16.1. The lowest BCUT2D eigenvalue weighted by Gasteiger charge is -2.32. The molecule has 128 valence electrons. The van der Waals surface area contributed by atoms with Crippen LogP contribution < -0.4 is 15.4 Å². The highest BCUT2D eigenvalue weighted by molar-refractivity contribution is 5.74. The highest BCUT2D eigenvalue weighted by Crippen LogP contribution is 2.27. The second-order valence-electron chi connectivity index (χ2n) is 6.34. The molecule has 5 heteroatoms. The van der Waals surface area contributed by atoms with Crippen molar-refractivity contribution in [1.82, 2.24) is 10.6 Å². The molecule has 1 unspecified atom stereocenters. The number of carbonyl (C=O) groups is 1. The van der Waals surface area contributed by atoms with Crippen molar-refractivity contribution in [3.63, 3.8) is 0 Å². The molecule has 2 amide bonds. The van der Waals surface area contributed by atoms with Crippen LogP contribution in [0.1, 0.15) is 57.6 Å². The fourth-order valence-electron chi connectivity index (χ4n) is 2.98. The molecule has 1 saturated carbocycles.